The second kappa shape index (κ2) is 15.5. The van der Waals surface area contributed by atoms with Gasteiger partial charge in [0.05, 0.1) is 24.1 Å². The normalized spacial score (nSPS) is 33.0. The smallest absolute Gasteiger partial charge is 0.408 e. The molecule has 15 nitrogen and oxygen atoms in total. The first-order valence-corrected chi connectivity index (χ1v) is 20.7. The van der Waals surface area contributed by atoms with Crippen LogP contribution in [0.1, 0.15) is 96.6 Å². The molecule has 7 rings (SSSR count). The number of hydrogen-bond donors (Lipinski definition) is 3. The number of fused-ring (bicyclic) bond motifs is 4. The number of aliphatic hydroxyl groups is 2. The van der Waals surface area contributed by atoms with E-state index in [-0.39, 0.29) is 34.8 Å². The van der Waals surface area contributed by atoms with Crippen LogP contribution in [0.15, 0.2) is 65.7 Å². The van der Waals surface area contributed by atoms with Crippen LogP contribution in [0.25, 0.3) is 0 Å². The summed E-state index contributed by atoms with van der Waals surface area (Å²) in [7, 11) is 0. The maximum absolute atomic E-state index is 15.5. The molecule has 0 aromatic heterocycles. The van der Waals surface area contributed by atoms with Gasteiger partial charge in [0, 0.05) is 36.1 Å². The van der Waals surface area contributed by atoms with Gasteiger partial charge < -0.3 is 44.0 Å². The lowest BCUT2D eigenvalue weighted by molar-refractivity contribution is -0.323. The van der Waals surface area contributed by atoms with Crippen molar-refractivity contribution in [2.24, 2.45) is 22.7 Å². The summed E-state index contributed by atoms with van der Waals surface area (Å²) in [4.78, 5) is 83.0. The van der Waals surface area contributed by atoms with Gasteiger partial charge in [-0.25, -0.2) is 14.4 Å². The van der Waals surface area contributed by atoms with Crippen LogP contribution in [0.4, 0.5) is 4.79 Å². The number of ketones is 1. The van der Waals surface area contributed by atoms with E-state index in [1.165, 1.54) is 19.1 Å². The number of rotatable bonds is 9. The summed E-state index contributed by atoms with van der Waals surface area (Å²) in [6, 6.07) is 12.8. The van der Waals surface area contributed by atoms with Gasteiger partial charge in [-0.1, -0.05) is 61.8 Å². The summed E-state index contributed by atoms with van der Waals surface area (Å²) in [5.74, 6) is -5.85. The van der Waals surface area contributed by atoms with E-state index >= 15 is 4.79 Å². The van der Waals surface area contributed by atoms with Crippen molar-refractivity contribution >= 4 is 47.4 Å². The molecule has 2 aromatic carbocycles. The van der Waals surface area contributed by atoms with Crippen molar-refractivity contribution in [2.45, 2.75) is 128 Å². The first-order valence-electron chi connectivity index (χ1n) is 20.3. The zero-order chi connectivity index (χ0) is 44.6. The van der Waals surface area contributed by atoms with Crippen LogP contribution in [0.5, 0.6) is 0 Å². The molecule has 3 saturated carbocycles. The van der Waals surface area contributed by atoms with E-state index in [0.29, 0.717) is 12.0 Å². The van der Waals surface area contributed by atoms with Crippen LogP contribution >= 0.6 is 11.6 Å². The zero-order valence-electron chi connectivity index (χ0n) is 35.3. The van der Waals surface area contributed by atoms with E-state index in [4.69, 9.17) is 40.0 Å². The monoisotopic (exact) mass is 865 g/mol. The fraction of sp³-hybridized carbons (Fsp3) is 0.556. The molecular weight excluding hydrogens is 814 g/mol. The maximum atomic E-state index is 15.5. The summed E-state index contributed by atoms with van der Waals surface area (Å²) in [6.07, 6.45) is -8.39. The number of ether oxygens (including phenoxy) is 6. The number of alkyl carbamates (subject to hydrolysis) is 1. The lowest BCUT2D eigenvalue weighted by atomic mass is 9.48. The number of carbonyl (C=O) groups excluding carboxylic acids is 6. The molecule has 1 heterocycles. The number of carbonyl (C=O) groups is 6. The van der Waals surface area contributed by atoms with Gasteiger partial charge in [-0.3, -0.25) is 14.4 Å². The second-order valence-corrected chi connectivity index (χ2v) is 18.9. The molecule has 5 aliphatic rings. The minimum Gasteiger partial charge on any atom is -0.456 e. The summed E-state index contributed by atoms with van der Waals surface area (Å²) >= 11 is 6.29. The molecule has 0 unspecified atom stereocenters. The molecular formula is C45H52ClNO14. The predicted molar refractivity (Wildman–Crippen MR) is 215 cm³/mol. The van der Waals surface area contributed by atoms with Crippen LogP contribution in [0, 0.1) is 22.7 Å². The summed E-state index contributed by atoms with van der Waals surface area (Å²) in [5, 5.41) is 28.2. The van der Waals surface area contributed by atoms with Gasteiger partial charge in [-0.05, 0) is 81.4 Å². The lowest BCUT2D eigenvalue weighted by Gasteiger charge is -2.64. The number of hydrogen-bond acceptors (Lipinski definition) is 14. The Kier molecular flexibility index (Phi) is 11.2. The third-order valence-corrected chi connectivity index (χ3v) is 13.5. The Hall–Kier alpha value is -4.83. The van der Waals surface area contributed by atoms with Crippen molar-refractivity contribution in [1.82, 2.24) is 5.32 Å². The molecule has 4 fully saturated rings. The molecule has 4 aliphatic carbocycles. The van der Waals surface area contributed by atoms with E-state index < -0.39 is 118 Å². The standard InChI is InChI=1S/C45H52ClNO14/c1-22-29(58-39(53)33(50)32(25-13-10-9-11-14-25)47-40(54)61-41(4,5)6)20-45(55)37(59-38(52)26-15-12-16-28(46)17-26)35-43(36(51)34(57-23(2)48)31(22)42(45,7)8)19-27(43)18-30-44(35,21-56-30)60-24(3)49/h9-17,27,29-30,32-35,37,50,55H,18-21H2,1-8H3,(H,47,54)/t27-,29+,30-,32+,33-,34-,35+,37+,43-,44+,45-/m1/s1. The summed E-state index contributed by atoms with van der Waals surface area (Å²) < 4.78 is 36.0. The molecule has 3 N–H and O–H groups in total. The Morgan fingerprint density at radius 2 is 1.64 bits per heavy atom. The minimum atomic E-state index is -2.28. The number of amides is 1. The van der Waals surface area contributed by atoms with Crippen molar-refractivity contribution in [3.63, 3.8) is 0 Å². The molecule has 2 aromatic rings. The number of nitrogens with one attached hydrogen (secondary N) is 1. The molecule has 0 radical (unpaired) electrons. The lowest BCUT2D eigenvalue weighted by Crippen LogP contribution is -2.78. The highest BCUT2D eigenvalue weighted by Crippen LogP contribution is 2.74. The number of benzene rings is 2. The number of esters is 4. The van der Waals surface area contributed by atoms with Crippen LogP contribution in [0.3, 0.4) is 0 Å². The van der Waals surface area contributed by atoms with Crippen molar-refractivity contribution in [3.05, 3.63) is 81.9 Å². The maximum Gasteiger partial charge on any atom is 0.408 e. The summed E-state index contributed by atoms with van der Waals surface area (Å²) in [5.41, 5.74) is -7.09. The zero-order valence-corrected chi connectivity index (χ0v) is 36.1. The molecule has 328 valence electrons. The topological polar surface area (TPSA) is 210 Å². The van der Waals surface area contributed by atoms with Gasteiger partial charge in [0.25, 0.3) is 0 Å². The van der Waals surface area contributed by atoms with Crippen molar-refractivity contribution < 1.29 is 67.4 Å². The molecule has 61 heavy (non-hydrogen) atoms. The highest BCUT2D eigenvalue weighted by molar-refractivity contribution is 6.30. The van der Waals surface area contributed by atoms with E-state index in [1.807, 2.05) is 0 Å². The molecule has 2 bridgehead atoms. The van der Waals surface area contributed by atoms with Crippen molar-refractivity contribution in [2.75, 3.05) is 6.61 Å². The predicted octanol–water partition coefficient (Wildman–Crippen LogP) is 5.12. The molecule has 1 amide bonds. The average Bonchev–Trinajstić information content (AvgIpc) is 3.89. The average molecular weight is 866 g/mol. The molecule has 16 heteroatoms. The first-order chi connectivity index (χ1) is 28.5. The Morgan fingerprint density at radius 3 is 2.23 bits per heavy atom. The minimum absolute atomic E-state index is 0.0264. The van der Waals surface area contributed by atoms with Gasteiger partial charge in [0.1, 0.15) is 29.5 Å². The Balaban J connectivity index is 1.38. The molecule has 1 saturated heterocycles. The van der Waals surface area contributed by atoms with Gasteiger partial charge in [-0.2, -0.15) is 0 Å². The molecule has 1 aliphatic heterocycles. The van der Waals surface area contributed by atoms with E-state index in [1.54, 1.807) is 84.0 Å². The van der Waals surface area contributed by atoms with Crippen LogP contribution in [-0.4, -0.2) is 99.9 Å². The van der Waals surface area contributed by atoms with Gasteiger partial charge in [0.15, 0.2) is 23.6 Å². The third-order valence-electron chi connectivity index (χ3n) is 13.2. The largest absolute Gasteiger partial charge is 0.456 e. The number of aliphatic hydroxyl groups excluding tert-OH is 1. The number of Topliss-reactive ketones (excluding diaryl/α,β-unsaturated/α-hetero) is 1. The van der Waals surface area contributed by atoms with Gasteiger partial charge in [-0.15, -0.1) is 0 Å². The molecule has 1 spiro atoms. The first kappa shape index (κ1) is 44.2. The fourth-order valence-corrected chi connectivity index (χ4v) is 10.6. The third kappa shape index (κ3) is 7.50. The highest BCUT2D eigenvalue weighted by atomic mass is 35.5. The number of halogens is 1. The summed E-state index contributed by atoms with van der Waals surface area (Å²) in [6.45, 7) is 11.9. The second-order valence-electron chi connectivity index (χ2n) is 18.4. The van der Waals surface area contributed by atoms with Crippen LogP contribution in [-0.2, 0) is 47.6 Å². The Labute approximate surface area is 358 Å². The van der Waals surface area contributed by atoms with Gasteiger partial charge in [0.2, 0.25) is 0 Å². The van der Waals surface area contributed by atoms with E-state index in [0.717, 1.165) is 6.92 Å². The fourth-order valence-electron chi connectivity index (χ4n) is 10.5. The highest BCUT2D eigenvalue weighted by Gasteiger charge is 2.84. The van der Waals surface area contributed by atoms with Crippen molar-refractivity contribution in [1.29, 1.82) is 0 Å². The quantitative estimate of drug-likeness (QED) is 0.170. The van der Waals surface area contributed by atoms with E-state index in [2.05, 4.69) is 5.32 Å². The Bertz CT molecular complexity index is 2180. The SMILES string of the molecule is CC(=O)O[C@H]1C(=O)[C@]23C[C@H]2C[C@H]2OC[C@@]2(OC(C)=O)[C@H]3[C@H](OC(=O)c2cccc(Cl)c2)[C@]2(O)C[C@H](OC(=O)[C@H](O)[C@@H](NC(=O)OC(C)(C)C)c3ccccc3)C(C)=C1C2(C)C. The van der Waals surface area contributed by atoms with Crippen LogP contribution < -0.4 is 5.32 Å². The van der Waals surface area contributed by atoms with Gasteiger partial charge >= 0.3 is 30.0 Å². The van der Waals surface area contributed by atoms with Crippen LogP contribution in [0.2, 0.25) is 5.02 Å². The Morgan fingerprint density at radius 1 is 0.951 bits per heavy atom. The molecule has 11 atom stereocenters. The van der Waals surface area contributed by atoms with E-state index in [9.17, 15) is 34.2 Å². The van der Waals surface area contributed by atoms with Crippen molar-refractivity contribution in [3.8, 4) is 0 Å².